The molecule has 0 aliphatic carbocycles. The maximum absolute atomic E-state index is 4.01. The summed E-state index contributed by atoms with van der Waals surface area (Å²) in [6.07, 6.45) is 4.67. The standard InChI is InChI=1S/C14H16N2/c1-2-14(12-6-4-3-5-7-12)16-13-8-10-15-11-9-13/h3-11,14H,2H2,1H3,(H,15,16)/t14-/m1/s1. The van der Waals surface area contributed by atoms with Gasteiger partial charge in [0, 0.05) is 18.1 Å². The van der Waals surface area contributed by atoms with Gasteiger partial charge in [0.2, 0.25) is 0 Å². The van der Waals surface area contributed by atoms with Crippen molar-refractivity contribution < 1.29 is 0 Å². The number of benzene rings is 1. The van der Waals surface area contributed by atoms with Crippen molar-refractivity contribution in [1.82, 2.24) is 4.98 Å². The SMILES string of the molecule is CC[C@@H](Nc1ccncc1)c1ccccc1. The van der Waals surface area contributed by atoms with Crippen LogP contribution >= 0.6 is 0 Å². The molecule has 1 atom stereocenters. The molecule has 0 aliphatic rings. The lowest BCUT2D eigenvalue weighted by molar-refractivity contribution is 0.749. The maximum Gasteiger partial charge on any atom is 0.0511 e. The molecular weight excluding hydrogens is 196 g/mol. The van der Waals surface area contributed by atoms with E-state index in [0.29, 0.717) is 6.04 Å². The van der Waals surface area contributed by atoms with E-state index in [2.05, 4.69) is 41.5 Å². The van der Waals surface area contributed by atoms with Gasteiger partial charge in [0.25, 0.3) is 0 Å². The Morgan fingerprint density at radius 2 is 1.75 bits per heavy atom. The zero-order valence-electron chi connectivity index (χ0n) is 9.43. The van der Waals surface area contributed by atoms with Crippen molar-refractivity contribution in [2.45, 2.75) is 19.4 Å². The van der Waals surface area contributed by atoms with Gasteiger partial charge in [-0.25, -0.2) is 0 Å². The minimum atomic E-state index is 0.364. The van der Waals surface area contributed by atoms with Crippen LogP contribution in [0.3, 0.4) is 0 Å². The Kier molecular flexibility index (Phi) is 3.54. The quantitative estimate of drug-likeness (QED) is 0.836. The Bertz CT molecular complexity index is 411. The molecule has 0 aliphatic heterocycles. The van der Waals surface area contributed by atoms with Crippen LogP contribution in [0.4, 0.5) is 5.69 Å². The van der Waals surface area contributed by atoms with Gasteiger partial charge in [0.15, 0.2) is 0 Å². The lowest BCUT2D eigenvalue weighted by Crippen LogP contribution is -2.09. The summed E-state index contributed by atoms with van der Waals surface area (Å²) in [6.45, 7) is 2.19. The number of hydrogen-bond donors (Lipinski definition) is 1. The molecule has 82 valence electrons. The van der Waals surface area contributed by atoms with Crippen LogP contribution in [0, 0.1) is 0 Å². The number of nitrogens with one attached hydrogen (secondary N) is 1. The van der Waals surface area contributed by atoms with Crippen molar-refractivity contribution in [3.63, 3.8) is 0 Å². The fraction of sp³-hybridized carbons (Fsp3) is 0.214. The van der Waals surface area contributed by atoms with E-state index >= 15 is 0 Å². The van der Waals surface area contributed by atoms with Gasteiger partial charge >= 0.3 is 0 Å². The van der Waals surface area contributed by atoms with Crippen molar-refractivity contribution in [2.24, 2.45) is 0 Å². The number of pyridine rings is 1. The Morgan fingerprint density at radius 1 is 1.06 bits per heavy atom. The largest absolute Gasteiger partial charge is 0.378 e. The summed E-state index contributed by atoms with van der Waals surface area (Å²) in [4.78, 5) is 4.01. The van der Waals surface area contributed by atoms with Gasteiger partial charge in [-0.1, -0.05) is 37.3 Å². The lowest BCUT2D eigenvalue weighted by Gasteiger charge is -2.18. The van der Waals surface area contributed by atoms with Crippen LogP contribution in [0.5, 0.6) is 0 Å². The third kappa shape index (κ3) is 2.60. The molecule has 2 nitrogen and oxygen atoms in total. The minimum absolute atomic E-state index is 0.364. The highest BCUT2D eigenvalue weighted by Crippen LogP contribution is 2.21. The Hall–Kier alpha value is -1.83. The van der Waals surface area contributed by atoms with E-state index < -0.39 is 0 Å². The van der Waals surface area contributed by atoms with Gasteiger partial charge in [-0.05, 0) is 24.1 Å². The molecular formula is C14H16N2. The van der Waals surface area contributed by atoms with Gasteiger partial charge in [0.1, 0.15) is 0 Å². The Labute approximate surface area is 96.4 Å². The highest BCUT2D eigenvalue weighted by Gasteiger charge is 2.07. The third-order valence-electron chi connectivity index (χ3n) is 2.63. The van der Waals surface area contributed by atoms with E-state index in [-0.39, 0.29) is 0 Å². The van der Waals surface area contributed by atoms with Gasteiger partial charge in [-0.15, -0.1) is 0 Å². The molecule has 2 rings (SSSR count). The van der Waals surface area contributed by atoms with Crippen molar-refractivity contribution in [1.29, 1.82) is 0 Å². The number of aromatic nitrogens is 1. The van der Waals surface area contributed by atoms with E-state index in [0.717, 1.165) is 12.1 Å². The molecule has 0 saturated heterocycles. The first-order valence-electron chi connectivity index (χ1n) is 5.61. The summed E-state index contributed by atoms with van der Waals surface area (Å²) in [6, 6.07) is 14.9. The monoisotopic (exact) mass is 212 g/mol. The van der Waals surface area contributed by atoms with Crippen LogP contribution in [-0.2, 0) is 0 Å². The summed E-state index contributed by atoms with van der Waals surface area (Å²) in [7, 11) is 0. The topological polar surface area (TPSA) is 24.9 Å². The molecule has 0 radical (unpaired) electrons. The molecule has 0 spiro atoms. The lowest BCUT2D eigenvalue weighted by atomic mass is 10.0. The van der Waals surface area contributed by atoms with Crippen molar-refractivity contribution in [3.05, 3.63) is 60.4 Å². The molecule has 1 aromatic heterocycles. The van der Waals surface area contributed by atoms with Gasteiger partial charge in [-0.2, -0.15) is 0 Å². The molecule has 2 aromatic rings. The summed E-state index contributed by atoms with van der Waals surface area (Å²) in [5, 5.41) is 3.50. The molecule has 0 unspecified atom stereocenters. The highest BCUT2D eigenvalue weighted by molar-refractivity contribution is 5.43. The second-order valence-corrected chi connectivity index (χ2v) is 3.75. The predicted octanol–water partition coefficient (Wildman–Crippen LogP) is 3.64. The predicted molar refractivity (Wildman–Crippen MR) is 67.3 cm³/mol. The molecule has 2 heteroatoms. The second kappa shape index (κ2) is 5.31. The molecule has 1 N–H and O–H groups in total. The number of nitrogens with zero attached hydrogens (tertiary/aromatic N) is 1. The van der Waals surface area contributed by atoms with Crippen LogP contribution in [0.15, 0.2) is 54.9 Å². The average molecular weight is 212 g/mol. The van der Waals surface area contributed by atoms with Crippen molar-refractivity contribution in [2.75, 3.05) is 5.32 Å². The second-order valence-electron chi connectivity index (χ2n) is 3.75. The molecule has 1 heterocycles. The summed E-state index contributed by atoms with van der Waals surface area (Å²) >= 11 is 0. The van der Waals surface area contributed by atoms with Crippen LogP contribution in [0.2, 0.25) is 0 Å². The van der Waals surface area contributed by atoms with Crippen molar-refractivity contribution >= 4 is 5.69 Å². The number of hydrogen-bond acceptors (Lipinski definition) is 2. The van der Waals surface area contributed by atoms with Gasteiger partial charge in [0.05, 0.1) is 6.04 Å². The first kappa shape index (κ1) is 10.7. The van der Waals surface area contributed by atoms with E-state index in [1.54, 1.807) is 12.4 Å². The minimum Gasteiger partial charge on any atom is -0.378 e. The normalized spacial score (nSPS) is 12.1. The van der Waals surface area contributed by atoms with E-state index in [1.807, 2.05) is 18.2 Å². The smallest absolute Gasteiger partial charge is 0.0511 e. The molecule has 0 bridgehead atoms. The zero-order chi connectivity index (χ0) is 11.2. The molecule has 0 fully saturated rings. The maximum atomic E-state index is 4.01. The summed E-state index contributed by atoms with van der Waals surface area (Å²) < 4.78 is 0. The number of anilines is 1. The first-order valence-corrected chi connectivity index (χ1v) is 5.61. The Balaban J connectivity index is 2.13. The Morgan fingerprint density at radius 3 is 2.38 bits per heavy atom. The molecule has 16 heavy (non-hydrogen) atoms. The van der Waals surface area contributed by atoms with E-state index in [4.69, 9.17) is 0 Å². The average Bonchev–Trinajstić information content (AvgIpc) is 2.38. The zero-order valence-corrected chi connectivity index (χ0v) is 9.43. The van der Waals surface area contributed by atoms with Gasteiger partial charge < -0.3 is 5.32 Å². The van der Waals surface area contributed by atoms with E-state index in [1.165, 1.54) is 5.56 Å². The van der Waals surface area contributed by atoms with Gasteiger partial charge in [-0.3, -0.25) is 4.98 Å². The highest BCUT2D eigenvalue weighted by atomic mass is 14.9. The van der Waals surface area contributed by atoms with Crippen LogP contribution in [0.1, 0.15) is 24.9 Å². The number of rotatable bonds is 4. The van der Waals surface area contributed by atoms with Crippen LogP contribution < -0.4 is 5.32 Å². The summed E-state index contributed by atoms with van der Waals surface area (Å²) in [5.74, 6) is 0. The third-order valence-corrected chi connectivity index (χ3v) is 2.63. The first-order chi connectivity index (χ1) is 7.90. The fourth-order valence-electron chi connectivity index (χ4n) is 1.76. The van der Waals surface area contributed by atoms with Crippen molar-refractivity contribution in [3.8, 4) is 0 Å². The molecule has 0 amide bonds. The fourth-order valence-corrected chi connectivity index (χ4v) is 1.76. The molecule has 1 aromatic carbocycles. The summed E-state index contributed by atoms with van der Waals surface area (Å²) in [5.41, 5.74) is 2.44. The van der Waals surface area contributed by atoms with Crippen LogP contribution in [-0.4, -0.2) is 4.98 Å². The molecule has 0 saturated carbocycles. The van der Waals surface area contributed by atoms with Crippen LogP contribution in [0.25, 0.3) is 0 Å². The van der Waals surface area contributed by atoms with E-state index in [9.17, 15) is 0 Å².